The first-order valence-electron chi connectivity index (χ1n) is 7.11. The highest BCUT2D eigenvalue weighted by molar-refractivity contribution is 8.00. The van der Waals surface area contributed by atoms with E-state index in [-0.39, 0.29) is 18.2 Å². The number of benzene rings is 2. The lowest BCUT2D eigenvalue weighted by atomic mass is 10.2. The summed E-state index contributed by atoms with van der Waals surface area (Å²) in [5.41, 5.74) is 7.73. The molecule has 0 saturated carbocycles. The van der Waals surface area contributed by atoms with Crippen LogP contribution in [-0.2, 0) is 9.59 Å². The fourth-order valence-electron chi connectivity index (χ4n) is 2.48. The van der Waals surface area contributed by atoms with Crippen LogP contribution in [0.1, 0.15) is 12.0 Å². The zero-order valence-electron chi connectivity index (χ0n) is 12.5. The Morgan fingerprint density at radius 1 is 1.17 bits per heavy atom. The molecule has 6 heteroatoms. The summed E-state index contributed by atoms with van der Waals surface area (Å²) in [6.07, 6.45) is 0.180. The summed E-state index contributed by atoms with van der Waals surface area (Å²) < 4.78 is 0. The van der Waals surface area contributed by atoms with Crippen LogP contribution in [0.4, 0.5) is 11.4 Å². The number of hydrogen-bond donors (Lipinski definition) is 1. The fraction of sp³-hybridized carbons (Fsp3) is 0.176. The lowest BCUT2D eigenvalue weighted by Crippen LogP contribution is -2.31. The largest absolute Gasteiger partial charge is 0.399 e. The van der Waals surface area contributed by atoms with Crippen molar-refractivity contribution in [3.8, 4) is 0 Å². The van der Waals surface area contributed by atoms with Gasteiger partial charge >= 0.3 is 0 Å². The first-order chi connectivity index (χ1) is 11.0. The van der Waals surface area contributed by atoms with E-state index in [0.29, 0.717) is 16.4 Å². The minimum Gasteiger partial charge on any atom is -0.399 e. The minimum atomic E-state index is -0.426. The summed E-state index contributed by atoms with van der Waals surface area (Å²) in [5, 5.41) is 0.0744. The van der Waals surface area contributed by atoms with Crippen LogP contribution in [-0.4, -0.2) is 17.1 Å². The molecule has 118 valence electrons. The maximum Gasteiger partial charge on any atom is 0.247 e. The van der Waals surface area contributed by atoms with E-state index in [1.807, 2.05) is 19.1 Å². The van der Waals surface area contributed by atoms with Crippen LogP contribution in [0.2, 0.25) is 5.02 Å². The van der Waals surface area contributed by atoms with Crippen LogP contribution >= 0.6 is 23.4 Å². The number of rotatable bonds is 3. The number of imide groups is 1. The summed E-state index contributed by atoms with van der Waals surface area (Å²) in [7, 11) is 0. The summed E-state index contributed by atoms with van der Waals surface area (Å²) in [5.74, 6) is -0.407. The van der Waals surface area contributed by atoms with Gasteiger partial charge in [0.15, 0.2) is 0 Å². The van der Waals surface area contributed by atoms with Crippen LogP contribution in [0.25, 0.3) is 0 Å². The molecule has 0 aromatic heterocycles. The van der Waals surface area contributed by atoms with E-state index in [0.717, 1.165) is 10.5 Å². The molecule has 2 N–H and O–H groups in total. The molecule has 1 aliphatic heterocycles. The molecule has 2 amide bonds. The highest BCUT2D eigenvalue weighted by atomic mass is 35.5. The molecule has 23 heavy (non-hydrogen) atoms. The van der Waals surface area contributed by atoms with E-state index in [1.54, 1.807) is 30.3 Å². The van der Waals surface area contributed by atoms with Crippen molar-refractivity contribution in [1.82, 2.24) is 0 Å². The Balaban J connectivity index is 1.85. The van der Waals surface area contributed by atoms with Gasteiger partial charge in [0, 0.05) is 22.0 Å². The Morgan fingerprint density at radius 3 is 2.57 bits per heavy atom. The zero-order valence-corrected chi connectivity index (χ0v) is 14.0. The predicted octanol–water partition coefficient (Wildman–Crippen LogP) is 3.65. The SMILES string of the molecule is Cc1ccc(Cl)cc1N1C(=O)CC(Sc2ccc(N)cc2)C1=O. The molecule has 1 aliphatic rings. The maximum absolute atomic E-state index is 12.7. The molecule has 2 aromatic rings. The van der Waals surface area contributed by atoms with Crippen LogP contribution in [0.3, 0.4) is 0 Å². The molecular weight excluding hydrogens is 332 g/mol. The quantitative estimate of drug-likeness (QED) is 0.680. The van der Waals surface area contributed by atoms with Crippen molar-refractivity contribution < 1.29 is 9.59 Å². The average molecular weight is 347 g/mol. The van der Waals surface area contributed by atoms with E-state index >= 15 is 0 Å². The maximum atomic E-state index is 12.7. The number of hydrogen-bond acceptors (Lipinski definition) is 4. The number of carbonyl (C=O) groups is 2. The number of nitrogens with zero attached hydrogens (tertiary/aromatic N) is 1. The van der Waals surface area contributed by atoms with Crippen molar-refractivity contribution in [3.63, 3.8) is 0 Å². The average Bonchev–Trinajstić information content (AvgIpc) is 2.78. The predicted molar refractivity (Wildman–Crippen MR) is 93.8 cm³/mol. The van der Waals surface area contributed by atoms with Crippen molar-refractivity contribution in [2.45, 2.75) is 23.5 Å². The normalized spacial score (nSPS) is 17.8. The van der Waals surface area contributed by atoms with Crippen LogP contribution < -0.4 is 10.6 Å². The molecule has 3 rings (SSSR count). The summed E-state index contributed by atoms with van der Waals surface area (Å²) in [6.45, 7) is 1.85. The Hall–Kier alpha value is -1.98. The number of amides is 2. The van der Waals surface area contributed by atoms with Gasteiger partial charge in [0.2, 0.25) is 11.8 Å². The number of carbonyl (C=O) groups excluding carboxylic acids is 2. The first kappa shape index (κ1) is 15.9. The molecule has 1 atom stereocenters. The van der Waals surface area contributed by atoms with Gasteiger partial charge < -0.3 is 5.73 Å². The Labute approximate surface area is 143 Å². The third-order valence-electron chi connectivity index (χ3n) is 3.68. The molecule has 1 saturated heterocycles. The summed E-state index contributed by atoms with van der Waals surface area (Å²) >= 11 is 7.38. The molecule has 1 fully saturated rings. The molecule has 0 bridgehead atoms. The van der Waals surface area contributed by atoms with Crippen molar-refractivity contribution in [3.05, 3.63) is 53.1 Å². The number of halogens is 1. The van der Waals surface area contributed by atoms with Gasteiger partial charge in [-0.15, -0.1) is 11.8 Å². The van der Waals surface area contributed by atoms with E-state index in [2.05, 4.69) is 0 Å². The lowest BCUT2D eigenvalue weighted by molar-refractivity contribution is -0.121. The van der Waals surface area contributed by atoms with Gasteiger partial charge in [0.05, 0.1) is 10.9 Å². The van der Waals surface area contributed by atoms with Crippen molar-refractivity contribution in [2.75, 3.05) is 10.6 Å². The third-order valence-corrected chi connectivity index (χ3v) is 5.11. The molecule has 1 unspecified atom stereocenters. The standard InChI is InChI=1S/C17H15ClN2O2S/c1-10-2-3-11(18)8-14(10)20-16(21)9-15(17(20)22)23-13-6-4-12(19)5-7-13/h2-8,15H,9,19H2,1H3. The number of nitrogens with two attached hydrogens (primary N) is 1. The molecule has 1 heterocycles. The van der Waals surface area contributed by atoms with Gasteiger partial charge in [-0.2, -0.15) is 0 Å². The number of anilines is 2. The number of thioether (sulfide) groups is 1. The van der Waals surface area contributed by atoms with Gasteiger partial charge in [-0.3, -0.25) is 9.59 Å². The molecular formula is C17H15ClN2O2S. The van der Waals surface area contributed by atoms with E-state index in [1.165, 1.54) is 16.7 Å². The summed E-state index contributed by atoms with van der Waals surface area (Å²) in [6, 6.07) is 12.5. The Bertz CT molecular complexity index is 777. The van der Waals surface area contributed by atoms with E-state index < -0.39 is 5.25 Å². The number of aryl methyl sites for hydroxylation is 1. The van der Waals surface area contributed by atoms with E-state index in [9.17, 15) is 9.59 Å². The second-order valence-corrected chi connectivity index (χ2v) is 7.09. The van der Waals surface area contributed by atoms with E-state index in [4.69, 9.17) is 17.3 Å². The van der Waals surface area contributed by atoms with Gasteiger partial charge in [-0.25, -0.2) is 4.90 Å². The van der Waals surface area contributed by atoms with Crippen LogP contribution in [0.15, 0.2) is 47.4 Å². The second kappa shape index (κ2) is 6.26. The van der Waals surface area contributed by atoms with Crippen molar-refractivity contribution >= 4 is 46.6 Å². The third kappa shape index (κ3) is 3.21. The second-order valence-electron chi connectivity index (χ2n) is 5.38. The fourth-order valence-corrected chi connectivity index (χ4v) is 3.70. The zero-order chi connectivity index (χ0) is 16.6. The number of nitrogen functional groups attached to an aromatic ring is 1. The Kier molecular flexibility index (Phi) is 4.33. The monoisotopic (exact) mass is 346 g/mol. The Morgan fingerprint density at radius 2 is 1.87 bits per heavy atom. The highest BCUT2D eigenvalue weighted by Crippen LogP contribution is 2.36. The molecule has 4 nitrogen and oxygen atoms in total. The van der Waals surface area contributed by atoms with Crippen molar-refractivity contribution in [1.29, 1.82) is 0 Å². The first-order valence-corrected chi connectivity index (χ1v) is 8.36. The van der Waals surface area contributed by atoms with Crippen LogP contribution in [0, 0.1) is 6.92 Å². The smallest absolute Gasteiger partial charge is 0.247 e. The van der Waals surface area contributed by atoms with Crippen molar-refractivity contribution in [2.24, 2.45) is 0 Å². The van der Waals surface area contributed by atoms with Crippen LogP contribution in [0.5, 0.6) is 0 Å². The lowest BCUT2D eigenvalue weighted by Gasteiger charge is -2.17. The van der Waals surface area contributed by atoms with Gasteiger partial charge in [0.25, 0.3) is 0 Å². The summed E-state index contributed by atoms with van der Waals surface area (Å²) in [4.78, 5) is 27.2. The molecule has 0 spiro atoms. The molecule has 0 aliphatic carbocycles. The minimum absolute atomic E-state index is 0.180. The molecule has 0 radical (unpaired) electrons. The van der Waals surface area contributed by atoms with Gasteiger partial charge in [-0.05, 0) is 48.9 Å². The molecule has 2 aromatic carbocycles. The van der Waals surface area contributed by atoms with Gasteiger partial charge in [-0.1, -0.05) is 17.7 Å². The van der Waals surface area contributed by atoms with Gasteiger partial charge in [0.1, 0.15) is 0 Å². The topological polar surface area (TPSA) is 63.4 Å². The highest BCUT2D eigenvalue weighted by Gasteiger charge is 2.40.